The molecule has 6 nitrogen and oxygen atoms in total. The Kier molecular flexibility index (Phi) is 4.91. The van der Waals surface area contributed by atoms with Crippen molar-refractivity contribution in [1.82, 2.24) is 5.32 Å². The summed E-state index contributed by atoms with van der Waals surface area (Å²) < 4.78 is 4.76. The predicted molar refractivity (Wildman–Crippen MR) is 67.3 cm³/mol. The Balaban J connectivity index is 2.26. The Morgan fingerprint density at radius 2 is 1.89 bits per heavy atom. The SMILES string of the molecule is CCOC(=O)CCCNC(=O)C1C(C(=O)O)C1(C)C. The number of carboxylic acids is 1. The van der Waals surface area contributed by atoms with E-state index in [1.165, 1.54) is 0 Å². The van der Waals surface area contributed by atoms with Crippen molar-refractivity contribution in [3.05, 3.63) is 0 Å². The lowest BCUT2D eigenvalue weighted by Gasteiger charge is -2.06. The second-order valence-corrected chi connectivity index (χ2v) is 5.31. The molecule has 0 radical (unpaired) electrons. The fourth-order valence-electron chi connectivity index (χ4n) is 2.38. The van der Waals surface area contributed by atoms with Crippen LogP contribution in [0.15, 0.2) is 0 Å². The molecule has 1 saturated carbocycles. The second-order valence-electron chi connectivity index (χ2n) is 5.31. The highest BCUT2D eigenvalue weighted by atomic mass is 16.5. The molecule has 1 aliphatic carbocycles. The third kappa shape index (κ3) is 3.68. The van der Waals surface area contributed by atoms with Crippen molar-refractivity contribution < 1.29 is 24.2 Å². The number of hydrogen-bond acceptors (Lipinski definition) is 4. The topological polar surface area (TPSA) is 92.7 Å². The minimum Gasteiger partial charge on any atom is -0.481 e. The summed E-state index contributed by atoms with van der Waals surface area (Å²) in [6, 6.07) is 0. The van der Waals surface area contributed by atoms with E-state index in [9.17, 15) is 14.4 Å². The van der Waals surface area contributed by atoms with Crippen molar-refractivity contribution in [2.24, 2.45) is 17.3 Å². The number of esters is 1. The molecule has 19 heavy (non-hydrogen) atoms. The first-order valence-corrected chi connectivity index (χ1v) is 6.48. The number of ether oxygens (including phenoxy) is 1. The largest absolute Gasteiger partial charge is 0.481 e. The normalized spacial score (nSPS) is 23.5. The van der Waals surface area contributed by atoms with E-state index in [-0.39, 0.29) is 18.3 Å². The Morgan fingerprint density at radius 3 is 2.37 bits per heavy atom. The highest BCUT2D eigenvalue weighted by Crippen LogP contribution is 2.58. The van der Waals surface area contributed by atoms with Gasteiger partial charge in [-0.3, -0.25) is 14.4 Å². The highest BCUT2D eigenvalue weighted by molar-refractivity contribution is 5.91. The summed E-state index contributed by atoms with van der Waals surface area (Å²) >= 11 is 0. The maximum absolute atomic E-state index is 11.8. The van der Waals surface area contributed by atoms with Crippen molar-refractivity contribution in [3.63, 3.8) is 0 Å². The number of carboxylic acid groups (broad SMARTS) is 1. The van der Waals surface area contributed by atoms with Gasteiger partial charge in [-0.15, -0.1) is 0 Å². The summed E-state index contributed by atoms with van der Waals surface area (Å²) in [7, 11) is 0. The maximum Gasteiger partial charge on any atom is 0.307 e. The second kappa shape index (κ2) is 6.04. The van der Waals surface area contributed by atoms with E-state index >= 15 is 0 Å². The third-order valence-corrected chi connectivity index (χ3v) is 3.54. The predicted octanol–water partition coefficient (Wildman–Crippen LogP) is 0.803. The number of amides is 1. The first-order chi connectivity index (χ1) is 8.82. The quantitative estimate of drug-likeness (QED) is 0.528. The van der Waals surface area contributed by atoms with E-state index in [1.807, 2.05) is 0 Å². The summed E-state index contributed by atoms with van der Waals surface area (Å²) in [6.45, 7) is 5.99. The molecule has 0 aromatic heterocycles. The molecule has 1 fully saturated rings. The molecule has 0 aromatic carbocycles. The summed E-state index contributed by atoms with van der Waals surface area (Å²) in [5.74, 6) is -2.56. The standard InChI is InChI=1S/C13H21NO5/c1-4-19-8(15)6-5-7-14-11(16)9-10(12(17)18)13(9,2)3/h9-10H,4-7H2,1-3H3,(H,14,16)(H,17,18). The number of nitrogens with one attached hydrogen (secondary N) is 1. The monoisotopic (exact) mass is 271 g/mol. The van der Waals surface area contributed by atoms with Crippen LogP contribution in [0.3, 0.4) is 0 Å². The van der Waals surface area contributed by atoms with E-state index in [2.05, 4.69) is 5.32 Å². The third-order valence-electron chi connectivity index (χ3n) is 3.54. The first kappa shape index (κ1) is 15.5. The van der Waals surface area contributed by atoms with Gasteiger partial charge in [-0.25, -0.2) is 0 Å². The van der Waals surface area contributed by atoms with Gasteiger partial charge in [0, 0.05) is 13.0 Å². The van der Waals surface area contributed by atoms with Crippen LogP contribution in [0.5, 0.6) is 0 Å². The van der Waals surface area contributed by atoms with Crippen LogP contribution in [0.4, 0.5) is 0 Å². The molecule has 1 rings (SSSR count). The van der Waals surface area contributed by atoms with Gasteiger partial charge in [0.05, 0.1) is 18.4 Å². The van der Waals surface area contributed by atoms with Gasteiger partial charge in [0.2, 0.25) is 5.91 Å². The fraction of sp³-hybridized carbons (Fsp3) is 0.769. The van der Waals surface area contributed by atoms with Gasteiger partial charge in [-0.1, -0.05) is 13.8 Å². The van der Waals surface area contributed by atoms with Crippen LogP contribution in [0.2, 0.25) is 0 Å². The van der Waals surface area contributed by atoms with Gasteiger partial charge in [-0.2, -0.15) is 0 Å². The van der Waals surface area contributed by atoms with Gasteiger partial charge in [0.25, 0.3) is 0 Å². The zero-order chi connectivity index (χ0) is 14.6. The summed E-state index contributed by atoms with van der Waals surface area (Å²) in [5, 5.41) is 11.6. The zero-order valence-corrected chi connectivity index (χ0v) is 11.6. The molecule has 2 unspecified atom stereocenters. The molecule has 0 bridgehead atoms. The van der Waals surface area contributed by atoms with Crippen LogP contribution in [-0.4, -0.2) is 36.1 Å². The van der Waals surface area contributed by atoms with Crippen LogP contribution in [0.1, 0.15) is 33.6 Å². The van der Waals surface area contributed by atoms with Crippen molar-refractivity contribution in [3.8, 4) is 0 Å². The molecule has 1 amide bonds. The molecular formula is C13H21NO5. The average molecular weight is 271 g/mol. The fourth-order valence-corrected chi connectivity index (χ4v) is 2.38. The Morgan fingerprint density at radius 1 is 1.26 bits per heavy atom. The van der Waals surface area contributed by atoms with E-state index in [0.717, 1.165) is 0 Å². The van der Waals surface area contributed by atoms with Gasteiger partial charge >= 0.3 is 11.9 Å². The minimum atomic E-state index is -0.934. The number of rotatable bonds is 7. The molecule has 6 heteroatoms. The van der Waals surface area contributed by atoms with Gasteiger partial charge in [0.1, 0.15) is 0 Å². The molecule has 108 valence electrons. The lowest BCUT2D eigenvalue weighted by molar-refractivity contribution is -0.143. The first-order valence-electron chi connectivity index (χ1n) is 6.48. The lowest BCUT2D eigenvalue weighted by atomic mass is 10.1. The van der Waals surface area contributed by atoms with Crippen molar-refractivity contribution in [2.75, 3.05) is 13.2 Å². The van der Waals surface area contributed by atoms with E-state index in [1.54, 1.807) is 20.8 Å². The minimum absolute atomic E-state index is 0.249. The molecule has 1 aliphatic rings. The zero-order valence-electron chi connectivity index (χ0n) is 11.6. The lowest BCUT2D eigenvalue weighted by Crippen LogP contribution is -2.28. The van der Waals surface area contributed by atoms with Gasteiger partial charge in [0.15, 0.2) is 0 Å². The number of carbonyl (C=O) groups is 3. The number of carbonyl (C=O) groups excluding carboxylic acids is 2. The molecule has 0 aliphatic heterocycles. The number of hydrogen-bond donors (Lipinski definition) is 2. The Hall–Kier alpha value is -1.59. The molecule has 0 heterocycles. The summed E-state index contributed by atoms with van der Waals surface area (Å²) in [6.07, 6.45) is 0.750. The average Bonchev–Trinajstić information content (AvgIpc) is 2.88. The Bertz CT molecular complexity index is 377. The molecular weight excluding hydrogens is 250 g/mol. The highest BCUT2D eigenvalue weighted by Gasteiger charge is 2.65. The summed E-state index contributed by atoms with van der Waals surface area (Å²) in [5.41, 5.74) is -0.489. The maximum atomic E-state index is 11.8. The van der Waals surface area contributed by atoms with Crippen LogP contribution >= 0.6 is 0 Å². The van der Waals surface area contributed by atoms with Gasteiger partial charge < -0.3 is 15.2 Å². The van der Waals surface area contributed by atoms with Crippen LogP contribution in [0.25, 0.3) is 0 Å². The molecule has 2 N–H and O–H groups in total. The number of aliphatic carboxylic acids is 1. The Labute approximate surface area is 112 Å². The van der Waals surface area contributed by atoms with Crippen molar-refractivity contribution in [2.45, 2.75) is 33.6 Å². The van der Waals surface area contributed by atoms with Crippen LogP contribution in [0, 0.1) is 17.3 Å². The smallest absolute Gasteiger partial charge is 0.307 e. The summed E-state index contributed by atoms with van der Waals surface area (Å²) in [4.78, 5) is 33.8. The van der Waals surface area contributed by atoms with Crippen molar-refractivity contribution in [1.29, 1.82) is 0 Å². The molecule has 0 aromatic rings. The van der Waals surface area contributed by atoms with Crippen LogP contribution < -0.4 is 5.32 Å². The molecule has 2 atom stereocenters. The van der Waals surface area contributed by atoms with E-state index < -0.39 is 23.2 Å². The molecule has 0 spiro atoms. The van der Waals surface area contributed by atoms with Crippen LogP contribution in [-0.2, 0) is 19.1 Å². The van der Waals surface area contributed by atoms with Gasteiger partial charge in [-0.05, 0) is 18.8 Å². The van der Waals surface area contributed by atoms with E-state index in [0.29, 0.717) is 19.6 Å². The molecule has 0 saturated heterocycles. The van der Waals surface area contributed by atoms with E-state index in [4.69, 9.17) is 9.84 Å². The van der Waals surface area contributed by atoms with Crippen molar-refractivity contribution >= 4 is 17.8 Å².